The van der Waals surface area contributed by atoms with Crippen LogP contribution in [0.15, 0.2) is 35.7 Å². The summed E-state index contributed by atoms with van der Waals surface area (Å²) < 4.78 is 18.3. The van der Waals surface area contributed by atoms with Gasteiger partial charge in [0.25, 0.3) is 0 Å². The van der Waals surface area contributed by atoms with Crippen LogP contribution >= 0.6 is 11.3 Å². The van der Waals surface area contributed by atoms with Gasteiger partial charge in [0.15, 0.2) is 0 Å². The van der Waals surface area contributed by atoms with Gasteiger partial charge >= 0.3 is 12.0 Å². The van der Waals surface area contributed by atoms with Crippen LogP contribution in [-0.2, 0) is 17.7 Å². The predicted octanol–water partition coefficient (Wildman–Crippen LogP) is 3.45. The Hall–Kier alpha value is -2.41. The predicted molar refractivity (Wildman–Crippen MR) is 97.7 cm³/mol. The van der Waals surface area contributed by atoms with Crippen LogP contribution in [0.4, 0.5) is 9.18 Å². The Morgan fingerprint density at radius 2 is 2.23 bits per heavy atom. The fourth-order valence-corrected chi connectivity index (χ4v) is 3.82. The molecule has 26 heavy (non-hydrogen) atoms. The number of hydrogen-bond acceptors (Lipinski definition) is 4. The highest BCUT2D eigenvalue weighted by atomic mass is 32.1. The minimum atomic E-state index is -0.676. The van der Waals surface area contributed by atoms with Crippen LogP contribution in [0, 0.1) is 11.7 Å². The number of ether oxygens (including phenoxy) is 1. The molecule has 138 valence electrons. The van der Waals surface area contributed by atoms with Gasteiger partial charge in [-0.2, -0.15) is 0 Å². The third-order valence-corrected chi connectivity index (χ3v) is 5.40. The number of halogens is 1. The standard InChI is InChI=1S/C19H21FN2O3S/c1-25-18(23)16-10-13(4-5-17(16)20)9-14-6-7-22(12-14)19(24)21-11-15-3-2-8-26-15/h2-5,8,10,14H,6-7,9,11-12H2,1H3,(H,21,24). The average Bonchev–Trinajstić information content (AvgIpc) is 3.32. The van der Waals surface area contributed by atoms with Gasteiger partial charge in [0, 0.05) is 18.0 Å². The van der Waals surface area contributed by atoms with Crippen LogP contribution in [0.3, 0.4) is 0 Å². The number of hydrogen-bond donors (Lipinski definition) is 1. The van der Waals surface area contributed by atoms with E-state index in [4.69, 9.17) is 0 Å². The van der Waals surface area contributed by atoms with E-state index in [-0.39, 0.29) is 11.6 Å². The van der Waals surface area contributed by atoms with Crippen LogP contribution in [0.2, 0.25) is 0 Å². The molecular formula is C19H21FN2O3S. The second kappa shape index (κ2) is 8.31. The van der Waals surface area contributed by atoms with E-state index >= 15 is 0 Å². The maximum Gasteiger partial charge on any atom is 0.340 e. The molecule has 0 aliphatic carbocycles. The number of benzene rings is 1. The van der Waals surface area contributed by atoms with Crippen molar-refractivity contribution < 1.29 is 18.7 Å². The van der Waals surface area contributed by atoms with Gasteiger partial charge in [-0.25, -0.2) is 14.0 Å². The van der Waals surface area contributed by atoms with Gasteiger partial charge in [-0.15, -0.1) is 11.3 Å². The Labute approximate surface area is 155 Å². The van der Waals surface area contributed by atoms with Gasteiger partial charge in [-0.05, 0) is 47.9 Å². The Morgan fingerprint density at radius 1 is 1.38 bits per heavy atom. The minimum Gasteiger partial charge on any atom is -0.465 e. The highest BCUT2D eigenvalue weighted by Crippen LogP contribution is 2.22. The van der Waals surface area contributed by atoms with Crippen LogP contribution in [0.25, 0.3) is 0 Å². The van der Waals surface area contributed by atoms with Crippen molar-refractivity contribution >= 4 is 23.3 Å². The summed E-state index contributed by atoms with van der Waals surface area (Å²) in [4.78, 5) is 26.8. The van der Waals surface area contributed by atoms with Crippen LogP contribution in [0.1, 0.15) is 27.2 Å². The first-order valence-electron chi connectivity index (χ1n) is 8.48. The molecule has 2 aromatic rings. The number of carbonyl (C=O) groups excluding carboxylic acids is 2. The maximum atomic E-state index is 13.7. The van der Waals surface area contributed by atoms with Gasteiger partial charge in [0.2, 0.25) is 0 Å². The average molecular weight is 376 g/mol. The van der Waals surface area contributed by atoms with Gasteiger partial charge in [0.05, 0.1) is 19.2 Å². The number of methoxy groups -OCH3 is 1. The molecule has 2 heterocycles. The van der Waals surface area contributed by atoms with Crippen molar-refractivity contribution in [2.24, 2.45) is 5.92 Å². The van der Waals surface area contributed by atoms with E-state index < -0.39 is 11.8 Å². The number of amides is 2. The molecule has 1 atom stereocenters. The molecule has 1 aromatic carbocycles. The number of thiophene rings is 1. The molecule has 0 spiro atoms. The van der Waals surface area contributed by atoms with Gasteiger partial charge < -0.3 is 15.0 Å². The van der Waals surface area contributed by atoms with E-state index in [1.54, 1.807) is 23.5 Å². The monoisotopic (exact) mass is 376 g/mol. The largest absolute Gasteiger partial charge is 0.465 e. The molecule has 0 radical (unpaired) electrons. The second-order valence-electron chi connectivity index (χ2n) is 6.35. The summed E-state index contributed by atoms with van der Waals surface area (Å²) in [6, 6.07) is 8.41. The number of nitrogens with zero attached hydrogens (tertiary/aromatic N) is 1. The summed E-state index contributed by atoms with van der Waals surface area (Å²) >= 11 is 1.61. The van der Waals surface area contributed by atoms with E-state index in [0.717, 1.165) is 16.9 Å². The van der Waals surface area contributed by atoms with Gasteiger partial charge in [-0.1, -0.05) is 12.1 Å². The van der Waals surface area contributed by atoms with Crippen molar-refractivity contribution in [2.75, 3.05) is 20.2 Å². The lowest BCUT2D eigenvalue weighted by molar-refractivity contribution is 0.0595. The van der Waals surface area contributed by atoms with E-state index in [2.05, 4.69) is 10.1 Å². The molecule has 1 saturated heterocycles. The third kappa shape index (κ3) is 4.40. The molecule has 1 unspecified atom stereocenters. The molecule has 1 fully saturated rings. The van der Waals surface area contributed by atoms with Crippen molar-refractivity contribution in [3.63, 3.8) is 0 Å². The smallest absolute Gasteiger partial charge is 0.340 e. The summed E-state index contributed by atoms with van der Waals surface area (Å²) in [6.45, 7) is 1.89. The fraction of sp³-hybridized carbons (Fsp3) is 0.368. The molecule has 1 N–H and O–H groups in total. The molecule has 3 rings (SSSR count). The lowest BCUT2D eigenvalue weighted by Crippen LogP contribution is -2.38. The van der Waals surface area contributed by atoms with Gasteiger partial charge in [-0.3, -0.25) is 0 Å². The molecule has 1 aliphatic heterocycles. The van der Waals surface area contributed by atoms with E-state index in [0.29, 0.717) is 32.0 Å². The number of esters is 1. The summed E-state index contributed by atoms with van der Waals surface area (Å²) in [5.41, 5.74) is 0.825. The SMILES string of the molecule is COC(=O)c1cc(CC2CCN(C(=O)NCc3cccs3)C2)ccc1F. The van der Waals surface area contributed by atoms with Crippen molar-refractivity contribution in [3.05, 3.63) is 57.5 Å². The number of urea groups is 1. The Bertz CT molecular complexity index is 779. The molecule has 0 saturated carbocycles. The lowest BCUT2D eigenvalue weighted by atomic mass is 9.97. The zero-order chi connectivity index (χ0) is 18.5. The van der Waals surface area contributed by atoms with Gasteiger partial charge in [0.1, 0.15) is 5.82 Å². The van der Waals surface area contributed by atoms with Crippen molar-refractivity contribution in [2.45, 2.75) is 19.4 Å². The van der Waals surface area contributed by atoms with Crippen molar-refractivity contribution in [1.82, 2.24) is 10.2 Å². The second-order valence-corrected chi connectivity index (χ2v) is 7.38. The first-order chi connectivity index (χ1) is 12.6. The number of rotatable bonds is 5. The molecule has 7 heteroatoms. The quantitative estimate of drug-likeness (QED) is 0.813. The number of nitrogens with one attached hydrogen (secondary N) is 1. The summed E-state index contributed by atoms with van der Waals surface area (Å²) in [6.07, 6.45) is 1.58. The first kappa shape index (κ1) is 18.4. The summed E-state index contributed by atoms with van der Waals surface area (Å²) in [5, 5.41) is 4.92. The van der Waals surface area contributed by atoms with Crippen molar-refractivity contribution in [3.8, 4) is 0 Å². The molecular weight excluding hydrogens is 355 g/mol. The zero-order valence-electron chi connectivity index (χ0n) is 14.5. The molecule has 2 amide bonds. The van der Waals surface area contributed by atoms with Crippen LogP contribution < -0.4 is 5.32 Å². The number of likely N-dealkylation sites (tertiary alicyclic amines) is 1. The zero-order valence-corrected chi connectivity index (χ0v) is 15.4. The Balaban J connectivity index is 1.54. The topological polar surface area (TPSA) is 58.6 Å². The highest BCUT2D eigenvalue weighted by molar-refractivity contribution is 7.09. The molecule has 1 aromatic heterocycles. The maximum absolute atomic E-state index is 13.7. The van der Waals surface area contributed by atoms with E-state index in [9.17, 15) is 14.0 Å². The normalized spacial score (nSPS) is 16.5. The minimum absolute atomic E-state index is 0.0476. The van der Waals surface area contributed by atoms with Crippen LogP contribution in [-0.4, -0.2) is 37.1 Å². The fourth-order valence-electron chi connectivity index (χ4n) is 3.17. The first-order valence-corrected chi connectivity index (χ1v) is 9.36. The summed E-state index contributed by atoms with van der Waals surface area (Å²) in [7, 11) is 1.23. The Morgan fingerprint density at radius 3 is 2.96 bits per heavy atom. The van der Waals surface area contributed by atoms with Crippen molar-refractivity contribution in [1.29, 1.82) is 0 Å². The lowest BCUT2D eigenvalue weighted by Gasteiger charge is -2.17. The third-order valence-electron chi connectivity index (χ3n) is 4.53. The van der Waals surface area contributed by atoms with E-state index in [1.165, 1.54) is 13.2 Å². The molecule has 5 nitrogen and oxygen atoms in total. The Kier molecular flexibility index (Phi) is 5.88. The number of carbonyl (C=O) groups is 2. The van der Waals surface area contributed by atoms with E-state index in [1.807, 2.05) is 22.4 Å². The molecule has 0 bridgehead atoms. The summed E-state index contributed by atoms with van der Waals surface area (Å²) in [5.74, 6) is -0.967. The molecule has 1 aliphatic rings. The highest BCUT2D eigenvalue weighted by Gasteiger charge is 2.26. The van der Waals surface area contributed by atoms with Crippen LogP contribution in [0.5, 0.6) is 0 Å².